The molecule has 8 rings (SSSR count). The highest BCUT2D eigenvalue weighted by Gasteiger charge is 2.55. The van der Waals surface area contributed by atoms with Crippen LogP contribution in [0.5, 0.6) is 5.75 Å². The summed E-state index contributed by atoms with van der Waals surface area (Å²) < 4.78 is 57.8. The third kappa shape index (κ3) is 5.84. The fourth-order valence-electron chi connectivity index (χ4n) is 7.85. The van der Waals surface area contributed by atoms with Gasteiger partial charge < -0.3 is 24.4 Å². The molecule has 0 radical (unpaired) electrons. The zero-order chi connectivity index (χ0) is 34.2. The molecule has 3 aliphatic carbocycles. The van der Waals surface area contributed by atoms with Crippen LogP contribution in [0.4, 0.5) is 19.0 Å². The van der Waals surface area contributed by atoms with Crippen molar-refractivity contribution in [3.8, 4) is 5.75 Å². The second kappa shape index (κ2) is 11.5. The highest BCUT2D eigenvalue weighted by Crippen LogP contribution is 2.56. The van der Waals surface area contributed by atoms with Gasteiger partial charge in [0.25, 0.3) is 5.91 Å². The number of nitrogens with one attached hydrogen (secondary N) is 1. The molecular weight excluding hydrogens is 691 g/mol. The van der Waals surface area contributed by atoms with Gasteiger partial charge in [0.2, 0.25) is 0 Å². The van der Waals surface area contributed by atoms with E-state index >= 15 is 0 Å². The number of carbonyl (C=O) groups excluding carboxylic acids is 2. The highest BCUT2D eigenvalue weighted by molar-refractivity contribution is 9.10. The Balaban J connectivity index is 1.34. The fraction of sp³-hybridized carbons (Fsp3) is 0.472. The number of alkyl halides is 3. The number of anilines is 1. The van der Waals surface area contributed by atoms with E-state index in [0.717, 1.165) is 16.7 Å². The molecular formula is C36H37BrF3N3O5. The second-order valence-corrected chi connectivity index (χ2v) is 15.3. The minimum absolute atomic E-state index is 0.120. The lowest BCUT2D eigenvalue weighted by atomic mass is 9.57. The molecule has 2 saturated heterocycles. The van der Waals surface area contributed by atoms with Gasteiger partial charge in [-0.25, -0.2) is 4.98 Å². The number of fused-ring (bicyclic) bond motifs is 5. The molecule has 3 fully saturated rings. The van der Waals surface area contributed by atoms with E-state index in [0.29, 0.717) is 66.4 Å². The Bertz CT molecular complexity index is 1840. The molecule has 4 bridgehead atoms. The predicted octanol–water partition coefficient (Wildman–Crippen LogP) is 7.65. The van der Waals surface area contributed by atoms with E-state index in [1.165, 1.54) is 18.2 Å². The number of pyridine rings is 1. The van der Waals surface area contributed by atoms with Crippen LogP contribution in [0.15, 0.2) is 53.0 Å². The fourth-order valence-corrected chi connectivity index (χ4v) is 8.21. The van der Waals surface area contributed by atoms with Gasteiger partial charge in [0.05, 0.1) is 40.8 Å². The van der Waals surface area contributed by atoms with Crippen LogP contribution in [0.3, 0.4) is 0 Å². The van der Waals surface area contributed by atoms with Crippen molar-refractivity contribution in [3.63, 3.8) is 0 Å². The molecule has 3 heterocycles. The Morgan fingerprint density at radius 2 is 1.81 bits per heavy atom. The summed E-state index contributed by atoms with van der Waals surface area (Å²) in [7, 11) is 0. The first kappa shape index (κ1) is 32.9. The van der Waals surface area contributed by atoms with Crippen molar-refractivity contribution in [2.45, 2.75) is 89.4 Å². The molecule has 48 heavy (non-hydrogen) atoms. The molecule has 2 aliphatic heterocycles. The third-order valence-corrected chi connectivity index (χ3v) is 10.6. The van der Waals surface area contributed by atoms with E-state index in [1.807, 2.05) is 25.1 Å². The molecule has 254 valence electrons. The summed E-state index contributed by atoms with van der Waals surface area (Å²) in [5.41, 5.74) is -0.521. The molecule has 1 saturated carbocycles. The van der Waals surface area contributed by atoms with Crippen LogP contribution in [0, 0.1) is 12.3 Å². The monoisotopic (exact) mass is 727 g/mol. The predicted molar refractivity (Wildman–Crippen MR) is 178 cm³/mol. The zero-order valence-corrected chi connectivity index (χ0v) is 28.8. The number of ether oxygens (including phenoxy) is 3. The van der Waals surface area contributed by atoms with Crippen molar-refractivity contribution in [3.05, 3.63) is 69.7 Å². The number of benzene rings is 2. The number of hydrogen-bond acceptors (Lipinski definition) is 7. The van der Waals surface area contributed by atoms with E-state index < -0.39 is 34.6 Å². The molecule has 0 spiro atoms. The smallest absolute Gasteiger partial charge is 0.459 e. The maximum atomic E-state index is 14.7. The van der Waals surface area contributed by atoms with E-state index in [-0.39, 0.29) is 23.6 Å². The van der Waals surface area contributed by atoms with Crippen LogP contribution < -0.4 is 15.0 Å². The SMILES string of the molecule is Cc1c(N2C[C@H]3C[C@@H]2CO3)nc2ccc(Br)cc2c1C(=O)NC12CCC(C(=O)OC(C)(C)C)(C=C1c1ccccc1OC(F)(F)F)CC2. The molecule has 5 aliphatic rings. The van der Waals surface area contributed by atoms with Gasteiger partial charge in [-0.15, -0.1) is 13.2 Å². The van der Waals surface area contributed by atoms with Gasteiger partial charge in [-0.2, -0.15) is 0 Å². The number of aromatic nitrogens is 1. The average molecular weight is 729 g/mol. The Morgan fingerprint density at radius 1 is 1.08 bits per heavy atom. The number of halogens is 4. The Labute approximate surface area is 285 Å². The summed E-state index contributed by atoms with van der Waals surface area (Å²) in [6.07, 6.45) is -0.860. The first-order chi connectivity index (χ1) is 22.6. The normalized spacial score (nSPS) is 26.5. The van der Waals surface area contributed by atoms with Gasteiger partial charge >= 0.3 is 12.3 Å². The lowest BCUT2D eigenvalue weighted by Crippen LogP contribution is -2.58. The van der Waals surface area contributed by atoms with Crippen molar-refractivity contribution in [2.75, 3.05) is 18.1 Å². The average Bonchev–Trinajstić information content (AvgIpc) is 3.64. The molecule has 1 amide bonds. The summed E-state index contributed by atoms with van der Waals surface area (Å²) in [5.74, 6) is -0.485. The standard InChI is InChI=1S/C36H37BrF3N3O5/c1-20-29(25-15-21(37)9-10-27(25)41-30(20)43-18-23-16-22(43)19-46-23)31(44)42-35-13-11-34(12-14-35,32(45)48-33(2,3)4)17-26(35)24-7-5-6-8-28(24)47-36(38,39)40/h5-10,15,17,22-23H,11-14,16,18-19H2,1-4H3,(H,42,44)/t22-,23-,34?,35?/m1/s1. The zero-order valence-electron chi connectivity index (χ0n) is 27.2. The summed E-state index contributed by atoms with van der Waals surface area (Å²) in [6, 6.07) is 11.7. The molecule has 8 nitrogen and oxygen atoms in total. The molecule has 12 heteroatoms. The summed E-state index contributed by atoms with van der Waals surface area (Å²) >= 11 is 3.55. The largest absolute Gasteiger partial charge is 0.573 e. The van der Waals surface area contributed by atoms with Crippen LogP contribution >= 0.6 is 15.9 Å². The van der Waals surface area contributed by atoms with Gasteiger partial charge in [0.1, 0.15) is 17.2 Å². The van der Waals surface area contributed by atoms with Crippen molar-refractivity contribution in [1.29, 1.82) is 0 Å². The number of esters is 1. The minimum atomic E-state index is -4.94. The van der Waals surface area contributed by atoms with Crippen LogP contribution in [0.2, 0.25) is 0 Å². The topological polar surface area (TPSA) is 90.0 Å². The van der Waals surface area contributed by atoms with Crippen molar-refractivity contribution < 1.29 is 37.0 Å². The highest BCUT2D eigenvalue weighted by atomic mass is 79.9. The lowest BCUT2D eigenvalue weighted by Gasteiger charge is -2.52. The lowest BCUT2D eigenvalue weighted by molar-refractivity contribution is -0.274. The van der Waals surface area contributed by atoms with Crippen LogP contribution in [0.25, 0.3) is 16.5 Å². The second-order valence-electron chi connectivity index (χ2n) is 14.4. The number of carbonyl (C=O) groups is 2. The Morgan fingerprint density at radius 3 is 2.46 bits per heavy atom. The van der Waals surface area contributed by atoms with Crippen LogP contribution in [0.1, 0.15) is 74.4 Å². The maximum absolute atomic E-state index is 14.7. The molecule has 2 atom stereocenters. The van der Waals surface area contributed by atoms with Crippen LogP contribution in [-0.4, -0.2) is 59.7 Å². The summed E-state index contributed by atoms with van der Waals surface area (Å²) in [5, 5.41) is 3.95. The van der Waals surface area contributed by atoms with Gasteiger partial charge in [-0.3, -0.25) is 9.59 Å². The molecule has 1 N–H and O–H groups in total. The summed E-state index contributed by atoms with van der Waals surface area (Å²) in [4.78, 5) is 35.6. The van der Waals surface area contributed by atoms with E-state index in [4.69, 9.17) is 14.5 Å². The van der Waals surface area contributed by atoms with Crippen molar-refractivity contribution in [2.24, 2.45) is 5.41 Å². The number of rotatable bonds is 6. The quantitative estimate of drug-likeness (QED) is 0.261. The Kier molecular flexibility index (Phi) is 7.86. The van der Waals surface area contributed by atoms with E-state index in [2.05, 4.69) is 30.9 Å². The number of morpholine rings is 1. The first-order valence-corrected chi connectivity index (χ1v) is 17.0. The van der Waals surface area contributed by atoms with Gasteiger partial charge in [0.15, 0.2) is 0 Å². The van der Waals surface area contributed by atoms with Gasteiger partial charge in [-0.05, 0) is 89.6 Å². The summed E-state index contributed by atoms with van der Waals surface area (Å²) in [6.45, 7) is 8.51. The van der Waals surface area contributed by atoms with E-state index in [1.54, 1.807) is 32.9 Å². The molecule has 2 aromatic carbocycles. The maximum Gasteiger partial charge on any atom is 0.573 e. The Hall–Kier alpha value is -3.64. The molecule has 0 unspecified atom stereocenters. The van der Waals surface area contributed by atoms with Gasteiger partial charge in [-0.1, -0.05) is 40.2 Å². The van der Waals surface area contributed by atoms with Crippen LogP contribution in [-0.2, 0) is 14.3 Å². The van der Waals surface area contributed by atoms with E-state index in [9.17, 15) is 22.8 Å². The first-order valence-electron chi connectivity index (χ1n) is 16.2. The number of hydrogen-bond donors (Lipinski definition) is 1. The number of amides is 1. The third-order valence-electron chi connectivity index (χ3n) is 10.1. The molecule has 1 aromatic heterocycles. The number of nitrogens with zero attached hydrogens (tertiary/aromatic N) is 2. The van der Waals surface area contributed by atoms with Crippen molar-refractivity contribution >= 4 is 50.1 Å². The number of para-hydroxylation sites is 1. The molecule has 3 aromatic rings. The minimum Gasteiger partial charge on any atom is -0.459 e. The van der Waals surface area contributed by atoms with Gasteiger partial charge in [0, 0.05) is 27.5 Å². The van der Waals surface area contributed by atoms with Crippen molar-refractivity contribution in [1.82, 2.24) is 10.3 Å².